The number of hydrogen-bond donors (Lipinski definition) is 2. The smallest absolute Gasteiger partial charge is 0.311 e. The Morgan fingerprint density at radius 1 is 1.09 bits per heavy atom. The van der Waals surface area contributed by atoms with Crippen molar-refractivity contribution in [3.8, 4) is 11.5 Å². The van der Waals surface area contributed by atoms with Gasteiger partial charge in [0.05, 0.1) is 12.3 Å². The molecule has 1 aliphatic rings. The minimum absolute atomic E-state index is 0.108. The third kappa shape index (κ3) is 7.46. The van der Waals surface area contributed by atoms with Gasteiger partial charge < -0.3 is 14.8 Å². The molecule has 0 saturated carbocycles. The molecule has 3 rings (SSSR count). The average Bonchev–Trinajstić information content (AvgIpc) is 2.85. The Morgan fingerprint density at radius 2 is 1.82 bits per heavy atom. The number of para-hydroxylation sites is 1. The molecule has 186 valence electrons. The summed E-state index contributed by atoms with van der Waals surface area (Å²) >= 11 is 0. The van der Waals surface area contributed by atoms with Crippen molar-refractivity contribution >= 4 is 21.7 Å². The molecule has 1 saturated heterocycles. The predicted molar refractivity (Wildman–Crippen MR) is 135 cm³/mol. The molecule has 8 heteroatoms. The van der Waals surface area contributed by atoms with E-state index in [1.54, 1.807) is 56.3 Å². The van der Waals surface area contributed by atoms with E-state index in [9.17, 15) is 13.2 Å². The Morgan fingerprint density at radius 3 is 2.53 bits per heavy atom. The summed E-state index contributed by atoms with van der Waals surface area (Å²) in [6.45, 7) is 5.97. The van der Waals surface area contributed by atoms with Crippen molar-refractivity contribution in [1.82, 2.24) is 5.32 Å². The number of benzene rings is 2. The van der Waals surface area contributed by atoms with Crippen LogP contribution in [0.5, 0.6) is 11.5 Å². The van der Waals surface area contributed by atoms with Crippen molar-refractivity contribution < 1.29 is 22.7 Å². The van der Waals surface area contributed by atoms with Gasteiger partial charge in [-0.2, -0.15) is 0 Å². The maximum atomic E-state index is 13.1. The molecule has 0 aliphatic carbocycles. The Kier molecular flexibility index (Phi) is 9.77. The summed E-state index contributed by atoms with van der Waals surface area (Å²) in [6, 6.07) is 14.0. The molecule has 34 heavy (non-hydrogen) atoms. The van der Waals surface area contributed by atoms with Gasteiger partial charge >= 0.3 is 5.97 Å². The molecule has 2 N–H and O–H groups in total. The Balaban J connectivity index is 1.68. The number of hydrogen-bond acceptors (Lipinski definition) is 6. The second-order valence-corrected chi connectivity index (χ2v) is 10.7. The highest BCUT2D eigenvalue weighted by Crippen LogP contribution is 2.38. The van der Waals surface area contributed by atoms with E-state index in [4.69, 9.17) is 9.47 Å². The second-order valence-electron chi connectivity index (χ2n) is 8.70. The first-order chi connectivity index (χ1) is 16.4. The normalized spacial score (nSPS) is 15.5. The molecular weight excluding hydrogens is 452 g/mol. The van der Waals surface area contributed by atoms with Crippen LogP contribution in [0.25, 0.3) is 0 Å². The molecule has 1 atom stereocenters. The number of unbranched alkanes of at least 4 members (excludes halogenated alkanes) is 1. The number of nitrogens with one attached hydrogen (secondary N) is 2. The van der Waals surface area contributed by atoms with Gasteiger partial charge in [0.15, 0.2) is 11.5 Å². The fraction of sp³-hybridized carbons (Fsp3) is 0.500. The van der Waals surface area contributed by atoms with E-state index in [2.05, 4.69) is 10.0 Å². The first-order valence-electron chi connectivity index (χ1n) is 12.1. The van der Waals surface area contributed by atoms with E-state index in [0.29, 0.717) is 17.9 Å². The van der Waals surface area contributed by atoms with Crippen LogP contribution in [0.4, 0.5) is 5.69 Å². The molecule has 0 spiro atoms. The van der Waals surface area contributed by atoms with E-state index < -0.39 is 21.2 Å². The van der Waals surface area contributed by atoms with Crippen molar-refractivity contribution in [2.45, 2.75) is 57.6 Å². The molecule has 2 aromatic rings. The van der Waals surface area contributed by atoms with Gasteiger partial charge in [-0.1, -0.05) is 49.7 Å². The van der Waals surface area contributed by atoms with E-state index in [-0.39, 0.29) is 17.9 Å². The Bertz CT molecular complexity index is 1020. The van der Waals surface area contributed by atoms with Crippen molar-refractivity contribution in [2.24, 2.45) is 5.92 Å². The zero-order valence-corrected chi connectivity index (χ0v) is 20.9. The monoisotopic (exact) mass is 488 g/mol. The summed E-state index contributed by atoms with van der Waals surface area (Å²) in [4.78, 5) is 12.1. The molecule has 2 aromatic carbocycles. The topological polar surface area (TPSA) is 93.7 Å². The number of piperidine rings is 1. The molecule has 1 aliphatic heterocycles. The summed E-state index contributed by atoms with van der Waals surface area (Å²) < 4.78 is 40.2. The summed E-state index contributed by atoms with van der Waals surface area (Å²) in [6.07, 6.45) is 5.74. The summed E-state index contributed by atoms with van der Waals surface area (Å²) in [5.74, 6) is 0.776. The molecular formula is C26H36N2O5S. The lowest BCUT2D eigenvalue weighted by molar-refractivity contribution is -0.134. The van der Waals surface area contributed by atoms with Crippen molar-refractivity contribution in [3.05, 3.63) is 54.1 Å². The maximum absolute atomic E-state index is 13.1. The lowest BCUT2D eigenvalue weighted by Crippen LogP contribution is -2.27. The quantitative estimate of drug-likeness (QED) is 0.247. The van der Waals surface area contributed by atoms with Gasteiger partial charge in [-0.3, -0.25) is 9.52 Å². The summed E-state index contributed by atoms with van der Waals surface area (Å²) in [7, 11) is -3.79. The number of carbonyl (C=O) groups excluding carboxylic acids is 1. The molecule has 0 bridgehead atoms. The van der Waals surface area contributed by atoms with Crippen LogP contribution in [0.15, 0.2) is 48.5 Å². The molecule has 1 unspecified atom stereocenters. The standard InChI is InChI=1S/C26H36N2O5S/c1-3-25(29)33-26-23(28-34(30,31)20(2)22-11-5-4-6-12-22)13-9-14-24(26)32-19-8-7-10-21-15-17-27-18-16-21/h4-6,9,11-14,20-21,27-28H,3,7-8,10,15-19H2,1-2H3. The van der Waals surface area contributed by atoms with Crippen LogP contribution >= 0.6 is 0 Å². The summed E-state index contributed by atoms with van der Waals surface area (Å²) in [5.41, 5.74) is 0.861. The number of esters is 1. The number of carbonyl (C=O) groups is 1. The van der Waals surface area contributed by atoms with Gasteiger partial charge in [-0.25, -0.2) is 8.42 Å². The molecule has 0 radical (unpaired) electrons. The highest BCUT2D eigenvalue weighted by Gasteiger charge is 2.25. The van der Waals surface area contributed by atoms with Crippen molar-refractivity contribution in [3.63, 3.8) is 0 Å². The third-order valence-electron chi connectivity index (χ3n) is 6.19. The van der Waals surface area contributed by atoms with Gasteiger partial charge in [-0.05, 0) is 69.3 Å². The molecule has 1 fully saturated rings. The van der Waals surface area contributed by atoms with Crippen LogP contribution in [0.2, 0.25) is 0 Å². The minimum atomic E-state index is -3.79. The van der Waals surface area contributed by atoms with Crippen LogP contribution in [0.3, 0.4) is 0 Å². The largest absolute Gasteiger partial charge is 0.490 e. The highest BCUT2D eigenvalue weighted by atomic mass is 32.2. The van der Waals surface area contributed by atoms with Crippen LogP contribution in [-0.2, 0) is 14.8 Å². The molecule has 0 amide bonds. The third-order valence-corrected chi connectivity index (χ3v) is 7.90. The predicted octanol–water partition coefficient (Wildman–Crippen LogP) is 5.05. The number of rotatable bonds is 12. The van der Waals surface area contributed by atoms with Crippen LogP contribution in [-0.4, -0.2) is 34.1 Å². The second kappa shape index (κ2) is 12.8. The van der Waals surface area contributed by atoms with E-state index in [1.165, 1.54) is 19.3 Å². The van der Waals surface area contributed by atoms with E-state index >= 15 is 0 Å². The van der Waals surface area contributed by atoms with E-state index in [1.807, 2.05) is 6.07 Å². The SMILES string of the molecule is CCC(=O)Oc1c(NS(=O)(=O)C(C)c2ccccc2)cccc1OCCCCC1CCNCC1. The lowest BCUT2D eigenvalue weighted by atomic mass is 9.93. The van der Waals surface area contributed by atoms with Crippen LogP contribution in [0.1, 0.15) is 63.2 Å². The fourth-order valence-corrected chi connectivity index (χ4v) is 5.19. The molecule has 7 nitrogen and oxygen atoms in total. The number of ether oxygens (including phenoxy) is 2. The molecule has 1 heterocycles. The first kappa shape index (κ1) is 26.0. The first-order valence-corrected chi connectivity index (χ1v) is 13.7. The Hall–Kier alpha value is -2.58. The van der Waals surface area contributed by atoms with Crippen LogP contribution in [0, 0.1) is 5.92 Å². The maximum Gasteiger partial charge on any atom is 0.311 e. The number of anilines is 1. The van der Waals surface area contributed by atoms with Gasteiger partial charge in [0.2, 0.25) is 10.0 Å². The fourth-order valence-electron chi connectivity index (χ4n) is 4.03. The lowest BCUT2D eigenvalue weighted by Gasteiger charge is -2.22. The highest BCUT2D eigenvalue weighted by molar-refractivity contribution is 7.92. The van der Waals surface area contributed by atoms with Crippen molar-refractivity contribution in [1.29, 1.82) is 0 Å². The average molecular weight is 489 g/mol. The van der Waals surface area contributed by atoms with Crippen LogP contribution < -0.4 is 19.5 Å². The van der Waals surface area contributed by atoms with E-state index in [0.717, 1.165) is 31.8 Å². The zero-order chi connectivity index (χ0) is 24.4. The molecule has 0 aromatic heterocycles. The van der Waals surface area contributed by atoms with Gasteiger partial charge in [0.25, 0.3) is 0 Å². The minimum Gasteiger partial charge on any atom is -0.490 e. The summed E-state index contributed by atoms with van der Waals surface area (Å²) in [5, 5.41) is 2.60. The van der Waals surface area contributed by atoms with Gasteiger partial charge in [-0.15, -0.1) is 0 Å². The Labute approximate surface area is 203 Å². The van der Waals surface area contributed by atoms with Crippen molar-refractivity contribution in [2.75, 3.05) is 24.4 Å². The van der Waals surface area contributed by atoms with Gasteiger partial charge in [0, 0.05) is 6.42 Å². The van der Waals surface area contributed by atoms with Gasteiger partial charge in [0.1, 0.15) is 5.25 Å². The number of sulfonamides is 1. The zero-order valence-electron chi connectivity index (χ0n) is 20.1.